The van der Waals surface area contributed by atoms with Crippen LogP contribution in [0.25, 0.3) is 0 Å². The molecule has 5 nitrogen and oxygen atoms in total. The lowest BCUT2D eigenvalue weighted by molar-refractivity contribution is -0.384. The highest BCUT2D eigenvalue weighted by Gasteiger charge is 2.29. The van der Waals surface area contributed by atoms with E-state index >= 15 is 0 Å². The summed E-state index contributed by atoms with van der Waals surface area (Å²) in [6.45, 7) is 7.96. The van der Waals surface area contributed by atoms with Gasteiger partial charge in [-0.05, 0) is 18.4 Å². The van der Waals surface area contributed by atoms with Gasteiger partial charge in [-0.25, -0.2) is 0 Å². The van der Waals surface area contributed by atoms with Crippen LogP contribution in [0.1, 0.15) is 38.1 Å². The summed E-state index contributed by atoms with van der Waals surface area (Å²) >= 11 is 11.7. The molecule has 0 bridgehead atoms. The maximum Gasteiger partial charge on any atom is 0.290 e. The first-order chi connectivity index (χ1) is 9.46. The molecule has 21 heavy (non-hydrogen) atoms. The number of amides is 1. The third-order valence-corrected chi connectivity index (χ3v) is 4.40. The summed E-state index contributed by atoms with van der Waals surface area (Å²) in [7, 11) is 1.66. The molecule has 0 aliphatic rings. The highest BCUT2D eigenvalue weighted by Crippen LogP contribution is 2.34. The van der Waals surface area contributed by atoms with Crippen LogP contribution in [0, 0.1) is 15.5 Å². The number of hydrogen-bond donors (Lipinski definition) is 0. The summed E-state index contributed by atoms with van der Waals surface area (Å²) in [5, 5.41) is 10.8. The lowest BCUT2D eigenvalue weighted by Gasteiger charge is -2.35. The van der Waals surface area contributed by atoms with Crippen LogP contribution in [0.2, 0.25) is 10.0 Å². The third-order valence-electron chi connectivity index (χ3n) is 3.61. The number of carbonyl (C=O) groups is 1. The molecular formula is C14H18Cl2N2O3. The molecule has 1 rings (SSSR count). The molecule has 0 heterocycles. The van der Waals surface area contributed by atoms with E-state index < -0.39 is 4.92 Å². The predicted octanol–water partition coefficient (Wildman–Crippen LogP) is 4.41. The van der Waals surface area contributed by atoms with E-state index in [0.29, 0.717) is 0 Å². The van der Waals surface area contributed by atoms with Gasteiger partial charge in [0.2, 0.25) is 0 Å². The Kier molecular flexibility index (Phi) is 5.23. The maximum atomic E-state index is 12.5. The Bertz CT molecular complexity index is 582. The average Bonchev–Trinajstić information content (AvgIpc) is 2.37. The molecule has 0 aliphatic carbocycles. The molecule has 0 aromatic heterocycles. The van der Waals surface area contributed by atoms with Crippen molar-refractivity contribution in [3.63, 3.8) is 0 Å². The molecular weight excluding hydrogens is 315 g/mol. The Hall–Kier alpha value is -1.33. The van der Waals surface area contributed by atoms with Crippen LogP contribution in [-0.4, -0.2) is 28.8 Å². The van der Waals surface area contributed by atoms with E-state index in [1.54, 1.807) is 11.9 Å². The minimum absolute atomic E-state index is 0.00831. The van der Waals surface area contributed by atoms with Gasteiger partial charge < -0.3 is 4.90 Å². The molecule has 0 aliphatic heterocycles. The number of nitro groups is 1. The molecule has 0 saturated heterocycles. The fourth-order valence-corrected chi connectivity index (χ4v) is 2.18. The van der Waals surface area contributed by atoms with Crippen molar-refractivity contribution >= 4 is 34.8 Å². The topological polar surface area (TPSA) is 63.5 Å². The molecule has 0 fully saturated rings. The molecule has 1 atom stereocenters. The number of hydrogen-bond acceptors (Lipinski definition) is 3. The largest absolute Gasteiger partial charge is 0.338 e. The number of nitro benzene ring substituents is 1. The molecule has 0 saturated carbocycles. The Balaban J connectivity index is 3.23. The lowest BCUT2D eigenvalue weighted by atomic mass is 9.87. The van der Waals surface area contributed by atoms with Gasteiger partial charge in [0.25, 0.3) is 11.6 Å². The normalized spacial score (nSPS) is 12.9. The average molecular weight is 333 g/mol. The fourth-order valence-electron chi connectivity index (χ4n) is 1.79. The van der Waals surface area contributed by atoms with Crippen LogP contribution < -0.4 is 0 Å². The Morgan fingerprint density at radius 1 is 1.33 bits per heavy atom. The van der Waals surface area contributed by atoms with E-state index in [9.17, 15) is 14.9 Å². The van der Waals surface area contributed by atoms with Crippen molar-refractivity contribution in [2.24, 2.45) is 5.41 Å². The van der Waals surface area contributed by atoms with Gasteiger partial charge in [0.1, 0.15) is 5.02 Å². The minimum atomic E-state index is -0.655. The quantitative estimate of drug-likeness (QED) is 0.608. The fraction of sp³-hybridized carbons (Fsp3) is 0.500. The van der Waals surface area contributed by atoms with Crippen molar-refractivity contribution in [3.8, 4) is 0 Å². The zero-order valence-electron chi connectivity index (χ0n) is 12.6. The van der Waals surface area contributed by atoms with Gasteiger partial charge in [0.15, 0.2) is 0 Å². The molecule has 0 N–H and O–H groups in total. The zero-order chi connectivity index (χ0) is 16.5. The predicted molar refractivity (Wildman–Crippen MR) is 84.1 cm³/mol. The zero-order valence-corrected chi connectivity index (χ0v) is 14.1. The molecule has 1 amide bonds. The summed E-state index contributed by atoms with van der Waals surface area (Å²) in [5.74, 6) is -0.334. The number of rotatable bonds is 3. The van der Waals surface area contributed by atoms with Crippen molar-refractivity contribution in [1.29, 1.82) is 0 Å². The first-order valence-corrected chi connectivity index (χ1v) is 7.13. The number of halogens is 2. The van der Waals surface area contributed by atoms with Gasteiger partial charge in [-0.3, -0.25) is 14.9 Å². The van der Waals surface area contributed by atoms with Crippen LogP contribution in [0.15, 0.2) is 12.1 Å². The van der Waals surface area contributed by atoms with E-state index in [0.717, 1.165) is 6.07 Å². The van der Waals surface area contributed by atoms with E-state index in [-0.39, 0.29) is 38.7 Å². The number of benzene rings is 1. The Morgan fingerprint density at radius 2 is 1.86 bits per heavy atom. The van der Waals surface area contributed by atoms with Gasteiger partial charge in [0, 0.05) is 24.7 Å². The highest BCUT2D eigenvalue weighted by atomic mass is 35.5. The third kappa shape index (κ3) is 3.86. The maximum absolute atomic E-state index is 12.5. The van der Waals surface area contributed by atoms with Crippen molar-refractivity contribution in [1.82, 2.24) is 4.90 Å². The van der Waals surface area contributed by atoms with Crippen LogP contribution in [0.5, 0.6) is 0 Å². The minimum Gasteiger partial charge on any atom is -0.338 e. The van der Waals surface area contributed by atoms with Crippen molar-refractivity contribution in [2.75, 3.05) is 7.05 Å². The van der Waals surface area contributed by atoms with E-state index in [4.69, 9.17) is 23.2 Å². The van der Waals surface area contributed by atoms with E-state index in [1.807, 2.05) is 27.7 Å². The summed E-state index contributed by atoms with van der Waals surface area (Å²) in [6.07, 6.45) is 0. The Morgan fingerprint density at radius 3 is 2.29 bits per heavy atom. The molecule has 0 radical (unpaired) electrons. The first-order valence-electron chi connectivity index (χ1n) is 6.37. The summed E-state index contributed by atoms with van der Waals surface area (Å²) in [5.41, 5.74) is -0.342. The molecule has 7 heteroatoms. The standard InChI is InChI=1S/C14H18Cl2N2O3/c1-8(14(2,3)4)17(5)13(19)9-6-10(15)12(16)11(7-9)18(20)21/h6-8H,1-5H3. The lowest BCUT2D eigenvalue weighted by Crippen LogP contribution is -2.43. The van der Waals surface area contributed by atoms with Crippen molar-refractivity contribution < 1.29 is 9.72 Å². The summed E-state index contributed by atoms with van der Waals surface area (Å²) in [6, 6.07) is 2.45. The molecule has 116 valence electrons. The van der Waals surface area contributed by atoms with Crippen molar-refractivity contribution in [3.05, 3.63) is 37.9 Å². The van der Waals surface area contributed by atoms with Gasteiger partial charge in [-0.2, -0.15) is 0 Å². The molecule has 0 spiro atoms. The van der Waals surface area contributed by atoms with E-state index in [2.05, 4.69) is 0 Å². The summed E-state index contributed by atoms with van der Waals surface area (Å²) in [4.78, 5) is 24.3. The molecule has 1 aromatic carbocycles. The van der Waals surface area contributed by atoms with Crippen molar-refractivity contribution in [2.45, 2.75) is 33.7 Å². The molecule has 1 aromatic rings. The second-order valence-corrected chi connectivity index (χ2v) is 6.79. The van der Waals surface area contributed by atoms with Crippen LogP contribution in [0.3, 0.4) is 0 Å². The number of carbonyl (C=O) groups excluding carboxylic acids is 1. The van der Waals surface area contributed by atoms with Gasteiger partial charge in [-0.1, -0.05) is 44.0 Å². The SMILES string of the molecule is CC(N(C)C(=O)c1cc(Cl)c(Cl)c([N+](=O)[O-])c1)C(C)(C)C. The van der Waals surface area contributed by atoms with Gasteiger partial charge >= 0.3 is 0 Å². The smallest absolute Gasteiger partial charge is 0.290 e. The van der Waals surface area contributed by atoms with Crippen LogP contribution in [0.4, 0.5) is 5.69 Å². The summed E-state index contributed by atoms with van der Waals surface area (Å²) < 4.78 is 0. The van der Waals surface area contributed by atoms with E-state index in [1.165, 1.54) is 6.07 Å². The second-order valence-electron chi connectivity index (χ2n) is 6.01. The highest BCUT2D eigenvalue weighted by molar-refractivity contribution is 6.43. The number of nitrogens with zero attached hydrogens (tertiary/aromatic N) is 2. The first kappa shape index (κ1) is 17.7. The Labute approximate surface area is 134 Å². The van der Waals surface area contributed by atoms with Crippen LogP contribution in [-0.2, 0) is 0 Å². The monoisotopic (exact) mass is 332 g/mol. The second kappa shape index (κ2) is 6.20. The molecule has 1 unspecified atom stereocenters. The van der Waals surface area contributed by atoms with Crippen LogP contribution >= 0.6 is 23.2 Å². The van der Waals surface area contributed by atoms with Gasteiger partial charge in [0.05, 0.1) is 9.95 Å². The van der Waals surface area contributed by atoms with Gasteiger partial charge in [-0.15, -0.1) is 0 Å².